The van der Waals surface area contributed by atoms with Crippen LogP contribution in [0.1, 0.15) is 10.5 Å². The van der Waals surface area contributed by atoms with E-state index in [1.54, 1.807) is 19.0 Å². The van der Waals surface area contributed by atoms with Gasteiger partial charge in [0.25, 0.3) is 5.91 Å². The van der Waals surface area contributed by atoms with Crippen LogP contribution in [0.2, 0.25) is 5.02 Å². The third-order valence-corrected chi connectivity index (χ3v) is 4.05. The molecule has 4 heteroatoms. The molecular formula is C18H17ClN2O. The SMILES string of the molecule is CN(C)C(=O)c1c2ccc(Cl)cc2c(-c2ccccc2)n1C. The Morgan fingerprint density at radius 3 is 2.36 bits per heavy atom. The van der Waals surface area contributed by atoms with Crippen LogP contribution in [-0.4, -0.2) is 29.5 Å². The highest BCUT2D eigenvalue weighted by molar-refractivity contribution is 6.31. The molecule has 0 atom stereocenters. The Morgan fingerprint density at radius 1 is 1.05 bits per heavy atom. The van der Waals surface area contributed by atoms with Crippen molar-refractivity contribution in [3.63, 3.8) is 0 Å². The van der Waals surface area contributed by atoms with Crippen molar-refractivity contribution < 1.29 is 4.79 Å². The topological polar surface area (TPSA) is 25.2 Å². The largest absolute Gasteiger partial charge is 0.343 e. The lowest BCUT2D eigenvalue weighted by Crippen LogP contribution is -2.24. The third-order valence-electron chi connectivity index (χ3n) is 3.82. The Balaban J connectivity index is 2.40. The molecule has 1 heterocycles. The number of benzene rings is 2. The van der Waals surface area contributed by atoms with Crippen LogP contribution in [0.25, 0.3) is 22.0 Å². The number of rotatable bonds is 2. The van der Waals surface area contributed by atoms with Gasteiger partial charge in [0, 0.05) is 36.9 Å². The molecule has 1 aromatic heterocycles. The summed E-state index contributed by atoms with van der Waals surface area (Å²) in [6.45, 7) is 0. The van der Waals surface area contributed by atoms with E-state index in [-0.39, 0.29) is 5.91 Å². The van der Waals surface area contributed by atoms with Crippen molar-refractivity contribution in [3.8, 4) is 11.3 Å². The number of aromatic nitrogens is 1. The molecule has 3 aromatic rings. The highest BCUT2D eigenvalue weighted by Crippen LogP contribution is 2.35. The summed E-state index contributed by atoms with van der Waals surface area (Å²) in [6, 6.07) is 15.7. The zero-order valence-electron chi connectivity index (χ0n) is 12.8. The zero-order valence-corrected chi connectivity index (χ0v) is 13.6. The molecule has 0 saturated heterocycles. The summed E-state index contributed by atoms with van der Waals surface area (Å²) >= 11 is 6.18. The maximum atomic E-state index is 12.6. The predicted molar refractivity (Wildman–Crippen MR) is 91.4 cm³/mol. The molecule has 0 radical (unpaired) electrons. The highest BCUT2D eigenvalue weighted by Gasteiger charge is 2.22. The van der Waals surface area contributed by atoms with Crippen molar-refractivity contribution in [3.05, 3.63) is 59.2 Å². The Labute approximate surface area is 134 Å². The number of nitrogens with zero attached hydrogens (tertiary/aromatic N) is 2. The quantitative estimate of drug-likeness (QED) is 0.696. The molecule has 0 aliphatic heterocycles. The summed E-state index contributed by atoms with van der Waals surface area (Å²) in [5.41, 5.74) is 2.74. The summed E-state index contributed by atoms with van der Waals surface area (Å²) in [5.74, 6) is -0.0167. The van der Waals surface area contributed by atoms with Gasteiger partial charge in [-0.2, -0.15) is 0 Å². The summed E-state index contributed by atoms with van der Waals surface area (Å²) in [4.78, 5) is 14.2. The summed E-state index contributed by atoms with van der Waals surface area (Å²) in [6.07, 6.45) is 0. The van der Waals surface area contributed by atoms with Crippen molar-refractivity contribution in [2.75, 3.05) is 14.1 Å². The number of carbonyl (C=O) groups is 1. The molecular weight excluding hydrogens is 296 g/mol. The standard InChI is InChI=1S/C18H17ClN2O/c1-20(2)18(22)17-14-10-9-13(19)11-15(14)16(21(17)3)12-7-5-4-6-8-12/h4-11H,1-3H3. The van der Waals surface area contributed by atoms with E-state index in [4.69, 9.17) is 11.6 Å². The molecule has 0 bridgehead atoms. The number of hydrogen-bond donors (Lipinski definition) is 0. The smallest absolute Gasteiger partial charge is 0.270 e. The van der Waals surface area contributed by atoms with Crippen LogP contribution in [0.4, 0.5) is 0 Å². The van der Waals surface area contributed by atoms with Crippen molar-refractivity contribution in [2.24, 2.45) is 7.05 Å². The van der Waals surface area contributed by atoms with Gasteiger partial charge in [-0.1, -0.05) is 48.0 Å². The van der Waals surface area contributed by atoms with Gasteiger partial charge in [0.05, 0.1) is 5.69 Å². The van der Waals surface area contributed by atoms with Crippen molar-refractivity contribution in [2.45, 2.75) is 0 Å². The molecule has 0 fully saturated rings. The summed E-state index contributed by atoms with van der Waals surface area (Å²) < 4.78 is 1.96. The maximum Gasteiger partial charge on any atom is 0.270 e. The first-order valence-electron chi connectivity index (χ1n) is 7.05. The lowest BCUT2D eigenvalue weighted by atomic mass is 10.1. The minimum Gasteiger partial charge on any atom is -0.343 e. The van der Waals surface area contributed by atoms with Crippen molar-refractivity contribution in [1.82, 2.24) is 9.47 Å². The normalized spacial score (nSPS) is 10.9. The second-order valence-electron chi connectivity index (χ2n) is 5.51. The van der Waals surface area contributed by atoms with Crippen LogP contribution in [0.3, 0.4) is 0 Å². The van der Waals surface area contributed by atoms with Crippen molar-refractivity contribution >= 4 is 28.3 Å². The van der Waals surface area contributed by atoms with Gasteiger partial charge in [-0.05, 0) is 17.7 Å². The number of halogens is 1. The molecule has 0 saturated carbocycles. The molecule has 0 N–H and O–H groups in total. The Morgan fingerprint density at radius 2 is 1.73 bits per heavy atom. The van der Waals surface area contributed by atoms with Crippen LogP contribution >= 0.6 is 11.6 Å². The summed E-state index contributed by atoms with van der Waals surface area (Å²) in [7, 11) is 5.45. The number of hydrogen-bond acceptors (Lipinski definition) is 1. The molecule has 22 heavy (non-hydrogen) atoms. The second-order valence-corrected chi connectivity index (χ2v) is 5.95. The number of carbonyl (C=O) groups excluding carboxylic acids is 1. The zero-order chi connectivity index (χ0) is 15.9. The van der Waals surface area contributed by atoms with Crippen LogP contribution in [0, 0.1) is 0 Å². The van der Waals surface area contributed by atoms with E-state index in [2.05, 4.69) is 0 Å². The van der Waals surface area contributed by atoms with E-state index < -0.39 is 0 Å². The lowest BCUT2D eigenvalue weighted by Gasteiger charge is -2.12. The fourth-order valence-electron chi connectivity index (χ4n) is 2.81. The van der Waals surface area contributed by atoms with Gasteiger partial charge in [-0.25, -0.2) is 0 Å². The van der Waals surface area contributed by atoms with Gasteiger partial charge < -0.3 is 9.47 Å². The van der Waals surface area contributed by atoms with Gasteiger partial charge >= 0.3 is 0 Å². The van der Waals surface area contributed by atoms with Crippen LogP contribution in [0.15, 0.2) is 48.5 Å². The molecule has 2 aromatic carbocycles. The third kappa shape index (κ3) is 2.28. The highest BCUT2D eigenvalue weighted by atomic mass is 35.5. The average molecular weight is 313 g/mol. The number of amides is 1. The fourth-order valence-corrected chi connectivity index (χ4v) is 2.98. The van der Waals surface area contributed by atoms with Crippen LogP contribution < -0.4 is 0 Å². The van der Waals surface area contributed by atoms with Gasteiger partial charge in [-0.15, -0.1) is 0 Å². The molecule has 0 spiro atoms. The second kappa shape index (κ2) is 5.50. The maximum absolute atomic E-state index is 12.6. The van der Waals surface area contributed by atoms with Gasteiger partial charge in [-0.3, -0.25) is 4.79 Å². The Hall–Kier alpha value is -2.26. The van der Waals surface area contributed by atoms with Gasteiger partial charge in [0.1, 0.15) is 5.69 Å². The first kappa shape index (κ1) is 14.7. The Bertz CT molecular complexity index is 850. The van der Waals surface area contributed by atoms with E-state index in [0.717, 1.165) is 22.0 Å². The minimum atomic E-state index is -0.0167. The predicted octanol–water partition coefficient (Wildman–Crippen LogP) is 4.20. The first-order chi connectivity index (χ1) is 10.5. The van der Waals surface area contributed by atoms with Gasteiger partial charge in [0.2, 0.25) is 0 Å². The summed E-state index contributed by atoms with van der Waals surface area (Å²) in [5, 5.41) is 2.58. The minimum absolute atomic E-state index is 0.0167. The van der Waals surface area contributed by atoms with Gasteiger partial charge in [0.15, 0.2) is 0 Å². The average Bonchev–Trinajstić information content (AvgIpc) is 2.78. The molecule has 112 valence electrons. The van der Waals surface area contributed by atoms with Crippen LogP contribution in [0.5, 0.6) is 0 Å². The van der Waals surface area contributed by atoms with Crippen LogP contribution in [-0.2, 0) is 7.05 Å². The van der Waals surface area contributed by atoms with E-state index in [1.807, 2.05) is 60.1 Å². The molecule has 3 nitrogen and oxygen atoms in total. The molecule has 0 aliphatic rings. The molecule has 0 unspecified atom stereocenters. The fraction of sp³-hybridized carbons (Fsp3) is 0.167. The first-order valence-corrected chi connectivity index (χ1v) is 7.43. The molecule has 0 aliphatic carbocycles. The van der Waals surface area contributed by atoms with Crippen molar-refractivity contribution in [1.29, 1.82) is 0 Å². The Kier molecular flexibility index (Phi) is 3.67. The van der Waals surface area contributed by atoms with E-state index >= 15 is 0 Å². The lowest BCUT2D eigenvalue weighted by molar-refractivity contribution is 0.0820. The number of fused-ring (bicyclic) bond motifs is 1. The monoisotopic (exact) mass is 312 g/mol. The molecule has 1 amide bonds. The van der Waals surface area contributed by atoms with E-state index in [0.29, 0.717) is 10.7 Å². The van der Waals surface area contributed by atoms with E-state index in [9.17, 15) is 4.79 Å². The molecule has 3 rings (SSSR count). The van der Waals surface area contributed by atoms with E-state index in [1.165, 1.54) is 0 Å².